The van der Waals surface area contributed by atoms with E-state index in [1.807, 2.05) is 32.0 Å². The molecule has 5 nitrogen and oxygen atoms in total. The molecule has 2 rings (SSSR count). The van der Waals surface area contributed by atoms with Gasteiger partial charge in [-0.1, -0.05) is 13.0 Å². The summed E-state index contributed by atoms with van der Waals surface area (Å²) in [5, 5.41) is 15.3. The molecule has 0 radical (unpaired) electrons. The van der Waals surface area contributed by atoms with Gasteiger partial charge in [-0.05, 0) is 36.8 Å². The number of carbonyl (C=O) groups excluding carboxylic acids is 1. The summed E-state index contributed by atoms with van der Waals surface area (Å²) in [7, 11) is 0. The van der Waals surface area contributed by atoms with Crippen molar-refractivity contribution < 1.29 is 9.90 Å². The molecule has 0 spiro atoms. The van der Waals surface area contributed by atoms with Crippen molar-refractivity contribution in [2.75, 3.05) is 10.6 Å². The third-order valence-corrected chi connectivity index (χ3v) is 3.11. The summed E-state index contributed by atoms with van der Waals surface area (Å²) >= 11 is 0. The summed E-state index contributed by atoms with van der Waals surface area (Å²) in [6.07, 6.45) is 1.87. The van der Waals surface area contributed by atoms with E-state index in [2.05, 4.69) is 15.6 Å². The first kappa shape index (κ1) is 14.8. The lowest BCUT2D eigenvalue weighted by atomic mass is 10.1. The minimum Gasteiger partial charge on any atom is -0.506 e. The lowest BCUT2D eigenvalue weighted by molar-refractivity contribution is -0.115. The molecule has 1 amide bonds. The van der Waals surface area contributed by atoms with Gasteiger partial charge in [0.05, 0.1) is 18.4 Å². The quantitative estimate of drug-likeness (QED) is 0.789. The highest BCUT2D eigenvalue weighted by Gasteiger charge is 2.04. The van der Waals surface area contributed by atoms with E-state index in [9.17, 15) is 9.90 Å². The minimum atomic E-state index is -0.00926. The molecule has 3 N–H and O–H groups in total. The summed E-state index contributed by atoms with van der Waals surface area (Å²) < 4.78 is 0. The van der Waals surface area contributed by atoms with E-state index >= 15 is 0 Å². The molecular formula is C16H19N3O2. The molecule has 0 aliphatic rings. The molecule has 0 aliphatic heterocycles. The zero-order valence-electron chi connectivity index (χ0n) is 12.2. The smallest absolute Gasteiger partial charge is 0.224 e. The van der Waals surface area contributed by atoms with Crippen LogP contribution in [0.25, 0.3) is 0 Å². The van der Waals surface area contributed by atoms with Gasteiger partial charge in [0.1, 0.15) is 5.75 Å². The highest BCUT2D eigenvalue weighted by atomic mass is 16.3. The molecule has 21 heavy (non-hydrogen) atoms. The van der Waals surface area contributed by atoms with Crippen LogP contribution in [0.5, 0.6) is 5.75 Å². The molecule has 0 bridgehead atoms. The summed E-state index contributed by atoms with van der Waals surface area (Å²) in [5.41, 5.74) is 3.63. The summed E-state index contributed by atoms with van der Waals surface area (Å²) in [6.45, 7) is 4.36. The van der Waals surface area contributed by atoms with Crippen molar-refractivity contribution in [3.8, 4) is 5.75 Å². The van der Waals surface area contributed by atoms with Gasteiger partial charge in [-0.15, -0.1) is 0 Å². The monoisotopic (exact) mass is 285 g/mol. The van der Waals surface area contributed by atoms with Crippen molar-refractivity contribution in [2.24, 2.45) is 0 Å². The molecule has 0 aliphatic carbocycles. The van der Waals surface area contributed by atoms with Gasteiger partial charge in [-0.2, -0.15) is 0 Å². The van der Waals surface area contributed by atoms with E-state index < -0.39 is 0 Å². The number of nitrogens with zero attached hydrogens (tertiary/aromatic N) is 1. The molecule has 5 heteroatoms. The molecule has 2 aromatic rings. The van der Waals surface area contributed by atoms with Crippen LogP contribution in [-0.2, 0) is 11.3 Å². The van der Waals surface area contributed by atoms with Gasteiger partial charge in [-0.25, -0.2) is 0 Å². The number of carbonyl (C=O) groups is 1. The summed E-state index contributed by atoms with van der Waals surface area (Å²) in [5.74, 6) is 0.143. The molecule has 0 atom stereocenters. The number of nitrogens with one attached hydrogen (secondary N) is 2. The Morgan fingerprint density at radius 1 is 1.29 bits per heavy atom. The Morgan fingerprint density at radius 2 is 2.10 bits per heavy atom. The van der Waals surface area contributed by atoms with E-state index in [-0.39, 0.29) is 11.7 Å². The maximum atomic E-state index is 11.4. The van der Waals surface area contributed by atoms with Crippen LogP contribution in [0, 0.1) is 6.92 Å². The van der Waals surface area contributed by atoms with E-state index in [1.165, 1.54) is 6.20 Å². The predicted octanol–water partition coefficient (Wildman–Crippen LogP) is 3.06. The first-order valence-corrected chi connectivity index (χ1v) is 6.86. The Bertz CT molecular complexity index is 624. The standard InChI is InChI=1S/C16H19N3O2/c1-3-16(21)19-12-5-4-11(2)15(8-12)18-9-13-6-7-14(20)10-17-13/h4-8,10,18,20H,3,9H2,1-2H3,(H,19,21). The number of aromatic hydroxyl groups is 1. The number of aryl methyl sites for hydroxylation is 1. The topological polar surface area (TPSA) is 74.2 Å². The van der Waals surface area contributed by atoms with Crippen LogP contribution in [-0.4, -0.2) is 16.0 Å². The van der Waals surface area contributed by atoms with Gasteiger partial charge in [-0.3, -0.25) is 9.78 Å². The molecule has 1 heterocycles. The summed E-state index contributed by atoms with van der Waals surface area (Å²) in [6, 6.07) is 9.11. The van der Waals surface area contributed by atoms with Gasteiger partial charge in [0.25, 0.3) is 0 Å². The second-order valence-corrected chi connectivity index (χ2v) is 4.79. The number of amides is 1. The average molecular weight is 285 g/mol. The van der Waals surface area contributed by atoms with Gasteiger partial charge < -0.3 is 15.7 Å². The van der Waals surface area contributed by atoms with E-state index in [0.29, 0.717) is 13.0 Å². The van der Waals surface area contributed by atoms with Gasteiger partial charge in [0, 0.05) is 17.8 Å². The highest BCUT2D eigenvalue weighted by molar-refractivity contribution is 5.91. The van der Waals surface area contributed by atoms with Crippen LogP contribution in [0.15, 0.2) is 36.5 Å². The Hall–Kier alpha value is -2.56. The maximum absolute atomic E-state index is 11.4. The molecule has 0 saturated carbocycles. The zero-order valence-corrected chi connectivity index (χ0v) is 12.2. The van der Waals surface area contributed by atoms with Crippen LogP contribution in [0.2, 0.25) is 0 Å². The molecule has 0 unspecified atom stereocenters. The van der Waals surface area contributed by atoms with Crippen molar-refractivity contribution in [3.05, 3.63) is 47.8 Å². The fraction of sp³-hybridized carbons (Fsp3) is 0.250. The van der Waals surface area contributed by atoms with Crippen LogP contribution in [0.1, 0.15) is 24.6 Å². The van der Waals surface area contributed by atoms with Gasteiger partial charge in [0.2, 0.25) is 5.91 Å². The van der Waals surface area contributed by atoms with E-state index in [4.69, 9.17) is 0 Å². The number of aromatic nitrogens is 1. The second-order valence-electron chi connectivity index (χ2n) is 4.79. The Morgan fingerprint density at radius 3 is 2.76 bits per heavy atom. The fourth-order valence-corrected chi connectivity index (χ4v) is 1.85. The molecule has 1 aromatic carbocycles. The van der Waals surface area contributed by atoms with Crippen molar-refractivity contribution in [3.63, 3.8) is 0 Å². The van der Waals surface area contributed by atoms with Crippen LogP contribution >= 0.6 is 0 Å². The Balaban J connectivity index is 2.06. The van der Waals surface area contributed by atoms with Crippen molar-refractivity contribution in [2.45, 2.75) is 26.8 Å². The first-order valence-electron chi connectivity index (χ1n) is 6.86. The SMILES string of the molecule is CCC(=O)Nc1ccc(C)c(NCc2ccc(O)cn2)c1. The normalized spacial score (nSPS) is 10.2. The lowest BCUT2D eigenvalue weighted by Crippen LogP contribution is -2.10. The minimum absolute atomic E-state index is 0.00926. The molecule has 1 aromatic heterocycles. The first-order chi connectivity index (χ1) is 10.1. The fourth-order valence-electron chi connectivity index (χ4n) is 1.85. The van der Waals surface area contributed by atoms with Crippen molar-refractivity contribution in [1.82, 2.24) is 4.98 Å². The maximum Gasteiger partial charge on any atom is 0.224 e. The van der Waals surface area contributed by atoms with Crippen LogP contribution in [0.4, 0.5) is 11.4 Å². The van der Waals surface area contributed by atoms with Crippen LogP contribution < -0.4 is 10.6 Å². The number of anilines is 2. The Kier molecular flexibility index (Phi) is 4.77. The molecule has 110 valence electrons. The zero-order chi connectivity index (χ0) is 15.2. The van der Waals surface area contributed by atoms with Crippen LogP contribution in [0.3, 0.4) is 0 Å². The molecular weight excluding hydrogens is 266 g/mol. The highest BCUT2D eigenvalue weighted by Crippen LogP contribution is 2.21. The number of hydrogen-bond donors (Lipinski definition) is 3. The van der Waals surface area contributed by atoms with Crippen molar-refractivity contribution >= 4 is 17.3 Å². The number of pyridine rings is 1. The average Bonchev–Trinajstić information content (AvgIpc) is 2.49. The largest absolute Gasteiger partial charge is 0.506 e. The van der Waals surface area contributed by atoms with Crippen molar-refractivity contribution in [1.29, 1.82) is 0 Å². The molecule has 0 saturated heterocycles. The third kappa shape index (κ3) is 4.21. The number of benzene rings is 1. The van der Waals surface area contributed by atoms with Gasteiger partial charge in [0.15, 0.2) is 0 Å². The summed E-state index contributed by atoms with van der Waals surface area (Å²) in [4.78, 5) is 15.5. The predicted molar refractivity (Wildman–Crippen MR) is 83.3 cm³/mol. The third-order valence-electron chi connectivity index (χ3n) is 3.11. The Labute approximate surface area is 124 Å². The molecule has 0 fully saturated rings. The number of hydrogen-bond acceptors (Lipinski definition) is 4. The van der Waals surface area contributed by atoms with E-state index in [0.717, 1.165) is 22.6 Å². The number of rotatable bonds is 5. The van der Waals surface area contributed by atoms with Gasteiger partial charge >= 0.3 is 0 Å². The second kappa shape index (κ2) is 6.74. The van der Waals surface area contributed by atoms with E-state index in [1.54, 1.807) is 12.1 Å². The lowest BCUT2D eigenvalue weighted by Gasteiger charge is -2.12.